The van der Waals surface area contributed by atoms with E-state index in [-0.39, 0.29) is 6.10 Å². The van der Waals surface area contributed by atoms with E-state index in [1.54, 1.807) is 10.9 Å². The van der Waals surface area contributed by atoms with Crippen molar-refractivity contribution in [3.63, 3.8) is 0 Å². The number of fused-ring (bicyclic) bond motifs is 1. The topological polar surface area (TPSA) is 94.4 Å². The van der Waals surface area contributed by atoms with Gasteiger partial charge in [0.15, 0.2) is 11.5 Å². The minimum Gasteiger partial charge on any atom is -0.376 e. The van der Waals surface area contributed by atoms with Crippen molar-refractivity contribution in [3.8, 4) is 11.5 Å². The molecule has 0 aromatic carbocycles. The van der Waals surface area contributed by atoms with Gasteiger partial charge in [0.1, 0.15) is 17.5 Å². The summed E-state index contributed by atoms with van der Waals surface area (Å²) in [5.41, 5.74) is 2.11. The van der Waals surface area contributed by atoms with Gasteiger partial charge in [-0.2, -0.15) is 0 Å². The molecule has 0 radical (unpaired) electrons. The van der Waals surface area contributed by atoms with Crippen LogP contribution in [0.15, 0.2) is 18.7 Å². The SMILES string of the molecule is c1ncc2[nH]c(-c3cn(CC4CCCO4)nn3)nc2n1. The van der Waals surface area contributed by atoms with Gasteiger partial charge in [-0.3, -0.25) is 0 Å². The lowest BCUT2D eigenvalue weighted by Crippen LogP contribution is -2.15. The van der Waals surface area contributed by atoms with Gasteiger partial charge in [0, 0.05) is 6.61 Å². The Morgan fingerprint density at radius 2 is 2.45 bits per heavy atom. The van der Waals surface area contributed by atoms with Crippen molar-refractivity contribution in [2.24, 2.45) is 0 Å². The molecule has 1 aliphatic heterocycles. The highest BCUT2D eigenvalue weighted by Crippen LogP contribution is 2.17. The lowest BCUT2D eigenvalue weighted by Gasteiger charge is -2.07. The van der Waals surface area contributed by atoms with E-state index < -0.39 is 0 Å². The van der Waals surface area contributed by atoms with Gasteiger partial charge >= 0.3 is 0 Å². The fraction of sp³-hybridized carbons (Fsp3) is 0.417. The minimum atomic E-state index is 0.242. The summed E-state index contributed by atoms with van der Waals surface area (Å²) in [5, 5.41) is 8.26. The molecule has 3 aromatic rings. The van der Waals surface area contributed by atoms with Crippen LogP contribution in [0, 0.1) is 0 Å². The van der Waals surface area contributed by atoms with Gasteiger partial charge in [-0.1, -0.05) is 5.21 Å². The highest BCUT2D eigenvalue weighted by molar-refractivity contribution is 5.73. The van der Waals surface area contributed by atoms with Gasteiger partial charge in [0.25, 0.3) is 0 Å². The average Bonchev–Trinajstić information content (AvgIpc) is 3.18. The number of aromatic nitrogens is 7. The molecule has 0 saturated carbocycles. The Bertz CT molecular complexity index is 695. The summed E-state index contributed by atoms with van der Waals surface area (Å²) in [7, 11) is 0. The van der Waals surface area contributed by atoms with Crippen molar-refractivity contribution < 1.29 is 4.74 Å². The Morgan fingerprint density at radius 1 is 1.45 bits per heavy atom. The molecular formula is C12H13N7O. The van der Waals surface area contributed by atoms with E-state index in [9.17, 15) is 0 Å². The Kier molecular flexibility index (Phi) is 2.66. The lowest BCUT2D eigenvalue weighted by molar-refractivity contribution is 0.0935. The van der Waals surface area contributed by atoms with Crippen LogP contribution in [-0.4, -0.2) is 47.6 Å². The molecule has 8 heteroatoms. The predicted molar refractivity (Wildman–Crippen MR) is 69.7 cm³/mol. The highest BCUT2D eigenvalue weighted by atomic mass is 16.5. The number of nitrogens with one attached hydrogen (secondary N) is 1. The minimum absolute atomic E-state index is 0.242. The summed E-state index contributed by atoms with van der Waals surface area (Å²) in [5.74, 6) is 0.652. The second kappa shape index (κ2) is 4.64. The summed E-state index contributed by atoms with van der Waals surface area (Å²) in [6.07, 6.45) is 7.47. The Labute approximate surface area is 114 Å². The number of hydrogen-bond donors (Lipinski definition) is 1. The molecule has 3 aromatic heterocycles. The molecule has 1 fully saturated rings. The van der Waals surface area contributed by atoms with Gasteiger partial charge in [-0.25, -0.2) is 19.6 Å². The van der Waals surface area contributed by atoms with Crippen molar-refractivity contribution in [2.45, 2.75) is 25.5 Å². The molecule has 1 atom stereocenters. The molecule has 1 saturated heterocycles. The second-order valence-corrected chi connectivity index (χ2v) is 4.81. The Balaban J connectivity index is 1.60. The fourth-order valence-corrected chi connectivity index (χ4v) is 2.38. The number of H-pyrrole nitrogens is 1. The molecule has 1 aliphatic rings. The molecule has 8 nitrogen and oxygen atoms in total. The molecule has 102 valence electrons. The van der Waals surface area contributed by atoms with E-state index >= 15 is 0 Å². The van der Waals surface area contributed by atoms with Crippen LogP contribution in [0.4, 0.5) is 0 Å². The zero-order valence-electron chi connectivity index (χ0n) is 10.7. The number of nitrogens with zero attached hydrogens (tertiary/aromatic N) is 6. The summed E-state index contributed by atoms with van der Waals surface area (Å²) in [6.45, 7) is 1.57. The third-order valence-electron chi connectivity index (χ3n) is 3.36. The first-order chi connectivity index (χ1) is 9.88. The van der Waals surface area contributed by atoms with Crippen molar-refractivity contribution in [3.05, 3.63) is 18.7 Å². The zero-order valence-corrected chi connectivity index (χ0v) is 10.7. The number of aromatic amines is 1. The Morgan fingerprint density at radius 3 is 3.30 bits per heavy atom. The van der Waals surface area contributed by atoms with Crippen LogP contribution >= 0.6 is 0 Å². The molecule has 4 rings (SSSR count). The second-order valence-electron chi connectivity index (χ2n) is 4.81. The van der Waals surface area contributed by atoms with Gasteiger partial charge in [-0.05, 0) is 12.8 Å². The molecule has 1 unspecified atom stereocenters. The normalized spacial score (nSPS) is 18.9. The molecule has 4 heterocycles. The molecule has 0 bridgehead atoms. The molecule has 0 aliphatic carbocycles. The third kappa shape index (κ3) is 2.03. The quantitative estimate of drug-likeness (QED) is 0.756. The van der Waals surface area contributed by atoms with Gasteiger partial charge < -0.3 is 9.72 Å². The van der Waals surface area contributed by atoms with E-state index in [1.165, 1.54) is 6.33 Å². The van der Waals surface area contributed by atoms with Crippen molar-refractivity contribution in [2.75, 3.05) is 6.61 Å². The first kappa shape index (κ1) is 11.5. The van der Waals surface area contributed by atoms with Gasteiger partial charge in [-0.15, -0.1) is 5.10 Å². The zero-order chi connectivity index (χ0) is 13.4. The molecule has 0 spiro atoms. The molecular weight excluding hydrogens is 258 g/mol. The van der Waals surface area contributed by atoms with Crippen molar-refractivity contribution in [1.29, 1.82) is 0 Å². The molecule has 0 amide bonds. The highest BCUT2D eigenvalue weighted by Gasteiger charge is 2.17. The van der Waals surface area contributed by atoms with Crippen LogP contribution in [0.3, 0.4) is 0 Å². The maximum atomic E-state index is 5.59. The Hall–Kier alpha value is -2.35. The van der Waals surface area contributed by atoms with Crippen LogP contribution < -0.4 is 0 Å². The van der Waals surface area contributed by atoms with Crippen LogP contribution in [0.25, 0.3) is 22.7 Å². The predicted octanol–water partition coefficient (Wildman–Crippen LogP) is 0.790. The van der Waals surface area contributed by atoms with Gasteiger partial charge in [0.05, 0.1) is 25.0 Å². The summed E-state index contributed by atoms with van der Waals surface area (Å²) >= 11 is 0. The van der Waals surface area contributed by atoms with Crippen LogP contribution in [-0.2, 0) is 11.3 Å². The fourth-order valence-electron chi connectivity index (χ4n) is 2.38. The van der Waals surface area contributed by atoms with Crippen LogP contribution in [0.2, 0.25) is 0 Å². The number of hydrogen-bond acceptors (Lipinski definition) is 6. The smallest absolute Gasteiger partial charge is 0.181 e. The van der Waals surface area contributed by atoms with Gasteiger partial charge in [0.2, 0.25) is 0 Å². The third-order valence-corrected chi connectivity index (χ3v) is 3.36. The number of ether oxygens (including phenoxy) is 1. The number of imidazole rings is 1. The maximum Gasteiger partial charge on any atom is 0.181 e. The summed E-state index contributed by atoms with van der Waals surface area (Å²) < 4.78 is 7.39. The monoisotopic (exact) mass is 271 g/mol. The van der Waals surface area contributed by atoms with Crippen LogP contribution in [0.5, 0.6) is 0 Å². The number of rotatable bonds is 3. The van der Waals surface area contributed by atoms with E-state index in [1.807, 2.05) is 6.20 Å². The van der Waals surface area contributed by atoms with Crippen LogP contribution in [0.1, 0.15) is 12.8 Å². The van der Waals surface area contributed by atoms with E-state index in [0.717, 1.165) is 31.5 Å². The van der Waals surface area contributed by atoms with Crippen molar-refractivity contribution in [1.82, 2.24) is 34.9 Å². The van der Waals surface area contributed by atoms with E-state index in [4.69, 9.17) is 4.74 Å². The summed E-state index contributed by atoms with van der Waals surface area (Å²) in [4.78, 5) is 15.6. The molecule has 20 heavy (non-hydrogen) atoms. The lowest BCUT2D eigenvalue weighted by atomic mass is 10.2. The maximum absolute atomic E-state index is 5.59. The standard InChI is InChI=1S/C12H13N7O/c1-2-8(20-3-1)5-19-6-10(17-18-19)12-15-9-4-13-7-14-11(9)16-12/h4,6-8H,1-3,5H2,(H,13,14,15,16). The van der Waals surface area contributed by atoms with E-state index in [0.29, 0.717) is 17.2 Å². The summed E-state index contributed by atoms with van der Waals surface area (Å²) in [6, 6.07) is 0. The van der Waals surface area contributed by atoms with E-state index in [2.05, 4.69) is 30.2 Å². The first-order valence-corrected chi connectivity index (χ1v) is 6.56. The van der Waals surface area contributed by atoms with Crippen molar-refractivity contribution >= 4 is 11.2 Å². The molecule has 1 N–H and O–H groups in total. The average molecular weight is 271 g/mol. The largest absolute Gasteiger partial charge is 0.376 e. The first-order valence-electron chi connectivity index (χ1n) is 6.56.